The van der Waals surface area contributed by atoms with Crippen molar-refractivity contribution in [3.8, 4) is 0 Å². The van der Waals surface area contributed by atoms with Crippen molar-refractivity contribution in [2.75, 3.05) is 37.6 Å². The summed E-state index contributed by atoms with van der Waals surface area (Å²) in [5, 5.41) is 0. The third-order valence-corrected chi connectivity index (χ3v) is 3.61. The van der Waals surface area contributed by atoms with E-state index < -0.39 is 0 Å². The molecular weight excluding hydrogens is 236 g/mol. The van der Waals surface area contributed by atoms with Crippen molar-refractivity contribution < 1.29 is 0 Å². The maximum absolute atomic E-state index is 4.32. The molecule has 4 heteroatoms. The van der Waals surface area contributed by atoms with Crippen LogP contribution in [0.15, 0.2) is 18.5 Å². The predicted octanol–water partition coefficient (Wildman–Crippen LogP) is 2.42. The van der Waals surface area contributed by atoms with Crippen molar-refractivity contribution >= 4 is 5.95 Å². The summed E-state index contributed by atoms with van der Waals surface area (Å²) in [6.07, 6.45) is 6.23. The molecule has 1 aliphatic heterocycles. The van der Waals surface area contributed by atoms with Crippen LogP contribution in [-0.2, 0) is 0 Å². The molecule has 0 aliphatic carbocycles. The Labute approximate surface area is 116 Å². The van der Waals surface area contributed by atoms with Gasteiger partial charge in [0.2, 0.25) is 5.95 Å². The third kappa shape index (κ3) is 4.78. The highest BCUT2D eigenvalue weighted by atomic mass is 15.3. The minimum absolute atomic E-state index is 0.458. The van der Waals surface area contributed by atoms with Crippen LogP contribution in [0.5, 0.6) is 0 Å². The zero-order chi connectivity index (χ0) is 13.7. The molecule has 4 nitrogen and oxygen atoms in total. The van der Waals surface area contributed by atoms with Gasteiger partial charge in [0.25, 0.3) is 0 Å². The van der Waals surface area contributed by atoms with Crippen LogP contribution >= 0.6 is 0 Å². The third-order valence-electron chi connectivity index (χ3n) is 3.61. The zero-order valence-corrected chi connectivity index (χ0v) is 12.5. The summed E-state index contributed by atoms with van der Waals surface area (Å²) in [6, 6.07) is 1.87. The summed E-state index contributed by atoms with van der Waals surface area (Å²) in [5.74, 6) is 0.872. The van der Waals surface area contributed by atoms with Crippen LogP contribution in [0.4, 0.5) is 5.95 Å². The Kier molecular flexibility index (Phi) is 4.75. The molecular formula is C15H26N4. The van der Waals surface area contributed by atoms with Gasteiger partial charge in [0.1, 0.15) is 0 Å². The van der Waals surface area contributed by atoms with E-state index in [1.165, 1.54) is 19.4 Å². The van der Waals surface area contributed by atoms with Gasteiger partial charge in [-0.05, 0) is 30.9 Å². The standard InChI is InChI=1S/C15H26N4/c1-15(2,3)6-4-9-18-10-12-19(13-11-18)14-16-7-5-8-17-14/h5,7-8H,4,6,9-13H2,1-3H3. The Hall–Kier alpha value is -1.16. The Morgan fingerprint density at radius 3 is 2.26 bits per heavy atom. The maximum Gasteiger partial charge on any atom is 0.225 e. The molecule has 1 aliphatic rings. The van der Waals surface area contributed by atoms with E-state index in [0.29, 0.717) is 5.41 Å². The molecule has 1 aromatic rings. The van der Waals surface area contributed by atoms with Crippen LogP contribution in [-0.4, -0.2) is 47.6 Å². The van der Waals surface area contributed by atoms with Gasteiger partial charge in [-0.3, -0.25) is 4.90 Å². The van der Waals surface area contributed by atoms with Crippen LogP contribution in [0.3, 0.4) is 0 Å². The second-order valence-corrected chi connectivity index (χ2v) is 6.54. The van der Waals surface area contributed by atoms with E-state index in [9.17, 15) is 0 Å². The van der Waals surface area contributed by atoms with Gasteiger partial charge in [0.05, 0.1) is 0 Å². The molecule has 19 heavy (non-hydrogen) atoms. The number of anilines is 1. The largest absolute Gasteiger partial charge is 0.338 e. The highest BCUT2D eigenvalue weighted by Gasteiger charge is 2.19. The first kappa shape index (κ1) is 14.3. The molecule has 2 heterocycles. The smallest absolute Gasteiger partial charge is 0.225 e. The van der Waals surface area contributed by atoms with Crippen LogP contribution in [0, 0.1) is 5.41 Å². The monoisotopic (exact) mass is 262 g/mol. The first-order valence-electron chi connectivity index (χ1n) is 7.29. The van der Waals surface area contributed by atoms with Gasteiger partial charge in [-0.15, -0.1) is 0 Å². The van der Waals surface area contributed by atoms with Gasteiger partial charge in [0, 0.05) is 38.6 Å². The summed E-state index contributed by atoms with van der Waals surface area (Å²) in [7, 11) is 0. The van der Waals surface area contributed by atoms with E-state index in [1.807, 2.05) is 18.5 Å². The molecule has 1 fully saturated rings. The quantitative estimate of drug-likeness (QED) is 0.834. The minimum atomic E-state index is 0.458. The van der Waals surface area contributed by atoms with Gasteiger partial charge < -0.3 is 4.90 Å². The van der Waals surface area contributed by atoms with E-state index in [4.69, 9.17) is 0 Å². The van der Waals surface area contributed by atoms with Crippen LogP contribution in [0.2, 0.25) is 0 Å². The van der Waals surface area contributed by atoms with Crippen LogP contribution < -0.4 is 4.90 Å². The Bertz CT molecular complexity index is 363. The normalized spacial score (nSPS) is 17.7. The van der Waals surface area contributed by atoms with E-state index in [2.05, 4.69) is 40.5 Å². The molecule has 0 spiro atoms. The van der Waals surface area contributed by atoms with Gasteiger partial charge in [0.15, 0.2) is 0 Å². The number of rotatable bonds is 4. The first-order chi connectivity index (χ1) is 9.04. The zero-order valence-electron chi connectivity index (χ0n) is 12.5. The fourth-order valence-corrected chi connectivity index (χ4v) is 2.46. The summed E-state index contributed by atoms with van der Waals surface area (Å²) in [5.41, 5.74) is 0.458. The topological polar surface area (TPSA) is 32.3 Å². The average molecular weight is 262 g/mol. The molecule has 0 N–H and O–H groups in total. The Balaban J connectivity index is 1.71. The van der Waals surface area contributed by atoms with Crippen molar-refractivity contribution in [3.05, 3.63) is 18.5 Å². The van der Waals surface area contributed by atoms with Crippen LogP contribution in [0.25, 0.3) is 0 Å². The molecule has 1 saturated heterocycles. The molecule has 0 aromatic carbocycles. The second kappa shape index (κ2) is 6.33. The Morgan fingerprint density at radius 1 is 1.05 bits per heavy atom. The molecule has 1 aromatic heterocycles. The lowest BCUT2D eigenvalue weighted by Crippen LogP contribution is -2.47. The average Bonchev–Trinajstić information content (AvgIpc) is 2.39. The molecule has 106 valence electrons. The van der Waals surface area contributed by atoms with Gasteiger partial charge >= 0.3 is 0 Å². The fraction of sp³-hybridized carbons (Fsp3) is 0.733. The van der Waals surface area contributed by atoms with E-state index in [-0.39, 0.29) is 0 Å². The summed E-state index contributed by atoms with van der Waals surface area (Å²) in [6.45, 7) is 12.5. The molecule has 0 bridgehead atoms. The number of piperazine rings is 1. The number of aromatic nitrogens is 2. The van der Waals surface area contributed by atoms with E-state index in [0.717, 1.165) is 32.1 Å². The summed E-state index contributed by atoms with van der Waals surface area (Å²) < 4.78 is 0. The minimum Gasteiger partial charge on any atom is -0.338 e. The van der Waals surface area contributed by atoms with Crippen molar-refractivity contribution in [3.63, 3.8) is 0 Å². The Morgan fingerprint density at radius 2 is 1.68 bits per heavy atom. The van der Waals surface area contributed by atoms with Gasteiger partial charge in [-0.1, -0.05) is 20.8 Å². The first-order valence-corrected chi connectivity index (χ1v) is 7.29. The molecule has 0 amide bonds. The lowest BCUT2D eigenvalue weighted by molar-refractivity contribution is 0.235. The van der Waals surface area contributed by atoms with Crippen LogP contribution in [0.1, 0.15) is 33.6 Å². The molecule has 2 rings (SSSR count). The van der Waals surface area contributed by atoms with Gasteiger partial charge in [-0.25, -0.2) is 9.97 Å². The predicted molar refractivity (Wildman–Crippen MR) is 79.4 cm³/mol. The molecule has 0 unspecified atom stereocenters. The fourth-order valence-electron chi connectivity index (χ4n) is 2.46. The summed E-state index contributed by atoms with van der Waals surface area (Å²) >= 11 is 0. The highest BCUT2D eigenvalue weighted by molar-refractivity contribution is 5.29. The maximum atomic E-state index is 4.32. The van der Waals surface area contributed by atoms with Crippen molar-refractivity contribution in [2.45, 2.75) is 33.6 Å². The molecule has 0 saturated carbocycles. The lowest BCUT2D eigenvalue weighted by atomic mass is 9.90. The lowest BCUT2D eigenvalue weighted by Gasteiger charge is -2.35. The SMILES string of the molecule is CC(C)(C)CCCN1CCN(c2ncccn2)CC1. The number of hydrogen-bond donors (Lipinski definition) is 0. The highest BCUT2D eigenvalue weighted by Crippen LogP contribution is 2.21. The molecule has 0 atom stereocenters. The second-order valence-electron chi connectivity index (χ2n) is 6.54. The van der Waals surface area contributed by atoms with Crippen molar-refractivity contribution in [1.82, 2.24) is 14.9 Å². The van der Waals surface area contributed by atoms with E-state index in [1.54, 1.807) is 0 Å². The summed E-state index contributed by atoms with van der Waals surface area (Å²) in [4.78, 5) is 13.5. The number of nitrogens with zero attached hydrogens (tertiary/aromatic N) is 4. The molecule has 0 radical (unpaired) electrons. The van der Waals surface area contributed by atoms with E-state index >= 15 is 0 Å². The van der Waals surface area contributed by atoms with Gasteiger partial charge in [-0.2, -0.15) is 0 Å². The van der Waals surface area contributed by atoms with Crippen molar-refractivity contribution in [1.29, 1.82) is 0 Å². The van der Waals surface area contributed by atoms with Crippen molar-refractivity contribution in [2.24, 2.45) is 5.41 Å². The number of hydrogen-bond acceptors (Lipinski definition) is 4.